The van der Waals surface area contributed by atoms with Crippen molar-refractivity contribution >= 4 is 12.0 Å². The Labute approximate surface area is 112 Å². The smallest absolute Gasteiger partial charge is 0.332 e. The summed E-state index contributed by atoms with van der Waals surface area (Å²) in [6, 6.07) is 8.57. The summed E-state index contributed by atoms with van der Waals surface area (Å²) >= 11 is 0. The number of carbonyl (C=O) groups excluding carboxylic acids is 2. The Hall–Kier alpha value is -1.97. The van der Waals surface area contributed by atoms with Gasteiger partial charge in [0.15, 0.2) is 6.04 Å². The Morgan fingerprint density at radius 3 is 2.68 bits per heavy atom. The third kappa shape index (κ3) is 5.95. The van der Waals surface area contributed by atoms with Gasteiger partial charge in [0.05, 0.1) is 0 Å². The van der Waals surface area contributed by atoms with E-state index in [1.54, 1.807) is 0 Å². The number of carbonyl (C=O) groups is 1. The van der Waals surface area contributed by atoms with Crippen LogP contribution < -0.4 is 5.73 Å². The zero-order valence-corrected chi connectivity index (χ0v) is 10.7. The molecule has 0 aliphatic carbocycles. The lowest BCUT2D eigenvalue weighted by atomic mass is 10.1. The number of isocyanates is 1. The predicted octanol–water partition coefficient (Wildman–Crippen LogP) is 1.56. The second-order valence-electron chi connectivity index (χ2n) is 4.11. The van der Waals surface area contributed by atoms with Gasteiger partial charge in [0, 0.05) is 0 Å². The Morgan fingerprint density at radius 1 is 1.32 bits per heavy atom. The molecule has 1 atom stereocenters. The molecule has 0 aromatic heterocycles. The molecule has 0 amide bonds. The third-order valence-electron chi connectivity index (χ3n) is 2.64. The van der Waals surface area contributed by atoms with Crippen LogP contribution in [-0.4, -0.2) is 24.6 Å². The van der Waals surface area contributed by atoms with Crippen LogP contribution in [0.1, 0.15) is 24.8 Å². The van der Waals surface area contributed by atoms with Crippen molar-refractivity contribution in [2.24, 2.45) is 10.7 Å². The minimum Gasteiger partial charge on any atom is -0.459 e. The minimum atomic E-state index is -0.771. The maximum absolute atomic E-state index is 11.8. The van der Waals surface area contributed by atoms with Gasteiger partial charge in [-0.3, -0.25) is 0 Å². The largest absolute Gasteiger partial charge is 0.459 e. The van der Waals surface area contributed by atoms with E-state index in [2.05, 4.69) is 4.99 Å². The molecule has 1 aromatic carbocycles. The highest BCUT2D eigenvalue weighted by atomic mass is 16.5. The molecule has 2 N–H and O–H groups in total. The van der Waals surface area contributed by atoms with Crippen molar-refractivity contribution in [3.05, 3.63) is 35.9 Å². The Morgan fingerprint density at radius 2 is 2.05 bits per heavy atom. The van der Waals surface area contributed by atoms with Gasteiger partial charge in [0.1, 0.15) is 6.61 Å². The number of esters is 1. The summed E-state index contributed by atoms with van der Waals surface area (Å²) in [7, 11) is 0. The molecule has 102 valence electrons. The second-order valence-corrected chi connectivity index (χ2v) is 4.11. The SMILES string of the molecule is NCCCCC(N=C=O)C(=O)OCc1ccccc1. The van der Waals surface area contributed by atoms with Crippen molar-refractivity contribution in [1.82, 2.24) is 0 Å². The van der Waals surface area contributed by atoms with Crippen LogP contribution in [0.3, 0.4) is 0 Å². The van der Waals surface area contributed by atoms with Crippen molar-refractivity contribution in [1.29, 1.82) is 0 Å². The number of nitrogens with zero attached hydrogens (tertiary/aromatic N) is 1. The fourth-order valence-electron chi connectivity index (χ4n) is 1.61. The summed E-state index contributed by atoms with van der Waals surface area (Å²) in [6.07, 6.45) is 3.39. The Balaban J connectivity index is 2.45. The fraction of sp³-hybridized carbons (Fsp3) is 0.429. The molecule has 5 heteroatoms. The van der Waals surface area contributed by atoms with Crippen molar-refractivity contribution < 1.29 is 14.3 Å². The van der Waals surface area contributed by atoms with E-state index < -0.39 is 12.0 Å². The van der Waals surface area contributed by atoms with Gasteiger partial charge in [-0.2, -0.15) is 4.99 Å². The van der Waals surface area contributed by atoms with Crippen LogP contribution >= 0.6 is 0 Å². The molecule has 1 aromatic rings. The number of benzene rings is 1. The van der Waals surface area contributed by atoms with Crippen LogP contribution in [0.2, 0.25) is 0 Å². The lowest BCUT2D eigenvalue weighted by molar-refractivity contribution is -0.146. The molecule has 0 spiro atoms. The van der Waals surface area contributed by atoms with Crippen molar-refractivity contribution in [2.45, 2.75) is 31.9 Å². The highest BCUT2D eigenvalue weighted by Gasteiger charge is 2.18. The normalized spacial score (nSPS) is 11.4. The van der Waals surface area contributed by atoms with Gasteiger partial charge >= 0.3 is 5.97 Å². The summed E-state index contributed by atoms with van der Waals surface area (Å²) in [5.74, 6) is -0.496. The van der Waals surface area contributed by atoms with E-state index >= 15 is 0 Å². The molecule has 0 bridgehead atoms. The van der Waals surface area contributed by atoms with Crippen LogP contribution in [0.15, 0.2) is 35.3 Å². The van der Waals surface area contributed by atoms with Gasteiger partial charge < -0.3 is 10.5 Å². The molecule has 0 fully saturated rings. The molecule has 0 aliphatic rings. The summed E-state index contributed by atoms with van der Waals surface area (Å²) in [5, 5.41) is 0. The molecule has 19 heavy (non-hydrogen) atoms. The van der Waals surface area contributed by atoms with E-state index in [-0.39, 0.29) is 6.61 Å². The Kier molecular flexibility index (Phi) is 7.17. The molecule has 1 unspecified atom stereocenters. The molecule has 0 radical (unpaired) electrons. The molecular weight excluding hydrogens is 244 g/mol. The quantitative estimate of drug-likeness (QED) is 0.333. The van der Waals surface area contributed by atoms with Gasteiger partial charge in [0.25, 0.3) is 0 Å². The number of hydrogen-bond acceptors (Lipinski definition) is 5. The van der Waals surface area contributed by atoms with Crippen LogP contribution in [0.5, 0.6) is 0 Å². The zero-order chi connectivity index (χ0) is 13.9. The fourth-order valence-corrected chi connectivity index (χ4v) is 1.61. The first-order valence-corrected chi connectivity index (χ1v) is 6.25. The molecule has 1 rings (SSSR count). The maximum Gasteiger partial charge on any atom is 0.332 e. The third-order valence-corrected chi connectivity index (χ3v) is 2.64. The van der Waals surface area contributed by atoms with E-state index in [1.807, 2.05) is 30.3 Å². The molecule has 0 saturated carbocycles. The minimum absolute atomic E-state index is 0.182. The van der Waals surface area contributed by atoms with Crippen molar-refractivity contribution in [3.8, 4) is 0 Å². The van der Waals surface area contributed by atoms with Crippen LogP contribution in [0, 0.1) is 0 Å². The summed E-state index contributed by atoms with van der Waals surface area (Å²) in [4.78, 5) is 25.6. The monoisotopic (exact) mass is 262 g/mol. The number of unbranched alkanes of at least 4 members (excludes halogenated alkanes) is 1. The molecule has 0 heterocycles. The molecular formula is C14H18N2O3. The van der Waals surface area contributed by atoms with Gasteiger partial charge in [0.2, 0.25) is 6.08 Å². The average molecular weight is 262 g/mol. The van der Waals surface area contributed by atoms with Crippen LogP contribution in [0.25, 0.3) is 0 Å². The van der Waals surface area contributed by atoms with Gasteiger partial charge in [-0.1, -0.05) is 30.3 Å². The lowest BCUT2D eigenvalue weighted by Crippen LogP contribution is -2.21. The highest BCUT2D eigenvalue weighted by molar-refractivity contribution is 5.76. The molecule has 5 nitrogen and oxygen atoms in total. The zero-order valence-electron chi connectivity index (χ0n) is 10.7. The summed E-state index contributed by atoms with van der Waals surface area (Å²) in [5.41, 5.74) is 6.27. The van der Waals surface area contributed by atoms with Crippen molar-refractivity contribution in [3.63, 3.8) is 0 Å². The van der Waals surface area contributed by atoms with E-state index in [9.17, 15) is 9.59 Å². The summed E-state index contributed by atoms with van der Waals surface area (Å²) in [6.45, 7) is 0.734. The number of rotatable bonds is 8. The predicted molar refractivity (Wildman–Crippen MR) is 71.1 cm³/mol. The van der Waals surface area contributed by atoms with Crippen LogP contribution in [0.4, 0.5) is 0 Å². The van der Waals surface area contributed by atoms with Gasteiger partial charge in [-0.15, -0.1) is 0 Å². The maximum atomic E-state index is 11.8. The standard InChI is InChI=1S/C14H18N2O3/c15-9-5-4-8-13(16-11-17)14(18)19-10-12-6-2-1-3-7-12/h1-3,6-7,13H,4-5,8-10,15H2. The van der Waals surface area contributed by atoms with Gasteiger partial charge in [-0.05, 0) is 31.4 Å². The summed E-state index contributed by atoms with van der Waals surface area (Å²) < 4.78 is 5.13. The van der Waals surface area contributed by atoms with Crippen LogP contribution in [-0.2, 0) is 20.9 Å². The molecule has 0 saturated heterocycles. The van der Waals surface area contributed by atoms with Gasteiger partial charge in [-0.25, -0.2) is 9.59 Å². The highest BCUT2D eigenvalue weighted by Crippen LogP contribution is 2.08. The number of nitrogens with two attached hydrogens (primary N) is 1. The first kappa shape index (κ1) is 15.1. The first-order valence-electron chi connectivity index (χ1n) is 6.25. The Bertz CT molecular complexity index is 428. The topological polar surface area (TPSA) is 81.8 Å². The lowest BCUT2D eigenvalue weighted by Gasteiger charge is -2.10. The number of ether oxygens (including phenoxy) is 1. The second kappa shape index (κ2) is 9.03. The van der Waals surface area contributed by atoms with E-state index in [0.717, 1.165) is 18.4 Å². The van der Waals surface area contributed by atoms with E-state index in [1.165, 1.54) is 6.08 Å². The number of hydrogen-bond donors (Lipinski definition) is 1. The number of aliphatic imine (C=N–C) groups is 1. The van der Waals surface area contributed by atoms with E-state index in [4.69, 9.17) is 10.5 Å². The molecule has 0 aliphatic heterocycles. The van der Waals surface area contributed by atoms with Crippen molar-refractivity contribution in [2.75, 3.05) is 6.54 Å². The first-order chi connectivity index (χ1) is 9.27. The van der Waals surface area contributed by atoms with E-state index in [0.29, 0.717) is 13.0 Å². The average Bonchev–Trinajstić information content (AvgIpc) is 2.45.